The number of hydrogen-bond donors (Lipinski definition) is 1. The zero-order valence-electron chi connectivity index (χ0n) is 8.85. The van der Waals surface area contributed by atoms with E-state index in [1.807, 2.05) is 12.1 Å². The lowest BCUT2D eigenvalue weighted by atomic mass is 9.83. The summed E-state index contributed by atoms with van der Waals surface area (Å²) in [7, 11) is 0. The van der Waals surface area contributed by atoms with E-state index in [0.717, 1.165) is 24.1 Å². The number of hydrogen-bond acceptors (Lipinski definition) is 1. The number of halogens is 1. The lowest BCUT2D eigenvalue weighted by molar-refractivity contribution is 0.303. The van der Waals surface area contributed by atoms with Crippen LogP contribution in [0.5, 0.6) is 0 Å². The monoisotopic (exact) mass is 205 g/mol. The van der Waals surface area contributed by atoms with E-state index in [0.29, 0.717) is 0 Å². The van der Waals surface area contributed by atoms with Crippen LogP contribution in [-0.4, -0.2) is 5.54 Å². The van der Waals surface area contributed by atoms with Crippen LogP contribution in [0, 0.1) is 5.82 Å². The summed E-state index contributed by atoms with van der Waals surface area (Å²) in [5.41, 5.74) is 2.32. The summed E-state index contributed by atoms with van der Waals surface area (Å²) in [5, 5.41) is 3.61. The first kappa shape index (κ1) is 9.34. The van der Waals surface area contributed by atoms with E-state index < -0.39 is 0 Å². The molecule has 1 aromatic carbocycles. The summed E-state index contributed by atoms with van der Waals surface area (Å²) in [4.78, 5) is 0. The molecule has 1 spiro atoms. The number of nitrogens with one attached hydrogen (secondary N) is 1. The molecule has 0 bridgehead atoms. The van der Waals surface area contributed by atoms with Crippen LogP contribution in [0.25, 0.3) is 0 Å². The molecule has 1 nitrogen and oxygen atoms in total. The van der Waals surface area contributed by atoms with E-state index in [2.05, 4.69) is 5.32 Å². The summed E-state index contributed by atoms with van der Waals surface area (Å²) in [6.45, 7) is 0.840. The van der Waals surface area contributed by atoms with Crippen molar-refractivity contribution in [3.05, 3.63) is 35.1 Å². The Morgan fingerprint density at radius 2 is 2.00 bits per heavy atom. The van der Waals surface area contributed by atoms with Crippen LogP contribution in [-0.2, 0) is 13.0 Å². The van der Waals surface area contributed by atoms with Gasteiger partial charge in [-0.2, -0.15) is 0 Å². The first-order chi connectivity index (χ1) is 7.29. The minimum absolute atomic E-state index is 0.0136. The van der Waals surface area contributed by atoms with E-state index in [-0.39, 0.29) is 11.4 Å². The van der Waals surface area contributed by atoms with E-state index in [1.54, 1.807) is 6.07 Å². The molecule has 2 heteroatoms. The third kappa shape index (κ3) is 1.48. The minimum Gasteiger partial charge on any atom is -0.307 e. The Kier molecular flexibility index (Phi) is 2.06. The van der Waals surface area contributed by atoms with Crippen molar-refractivity contribution in [2.45, 2.75) is 44.2 Å². The maximum absolute atomic E-state index is 13.7. The van der Waals surface area contributed by atoms with Gasteiger partial charge in [0.1, 0.15) is 5.82 Å². The summed E-state index contributed by atoms with van der Waals surface area (Å²) >= 11 is 0. The van der Waals surface area contributed by atoms with Crippen LogP contribution in [0.15, 0.2) is 18.2 Å². The van der Waals surface area contributed by atoms with Gasteiger partial charge in [-0.15, -0.1) is 0 Å². The molecule has 0 amide bonds. The molecule has 1 aliphatic carbocycles. The molecule has 0 unspecified atom stereocenters. The molecular weight excluding hydrogens is 189 g/mol. The molecule has 0 aromatic heterocycles. The quantitative estimate of drug-likeness (QED) is 0.686. The van der Waals surface area contributed by atoms with Crippen molar-refractivity contribution in [3.8, 4) is 0 Å². The highest BCUT2D eigenvalue weighted by atomic mass is 19.1. The Labute approximate surface area is 89.7 Å². The Morgan fingerprint density at radius 1 is 1.20 bits per heavy atom. The Hall–Kier alpha value is -0.890. The molecule has 1 saturated carbocycles. The topological polar surface area (TPSA) is 12.0 Å². The highest BCUT2D eigenvalue weighted by molar-refractivity contribution is 5.33. The SMILES string of the molecule is Fc1cccc2c1CC1(CCCC1)NC2. The van der Waals surface area contributed by atoms with Crippen LogP contribution in [0.4, 0.5) is 4.39 Å². The molecule has 15 heavy (non-hydrogen) atoms. The summed E-state index contributed by atoms with van der Waals surface area (Å²) in [5.74, 6) is -0.0136. The fraction of sp³-hybridized carbons (Fsp3) is 0.538. The second-order valence-corrected chi connectivity index (χ2v) is 4.90. The summed E-state index contributed by atoms with van der Waals surface area (Å²) < 4.78 is 13.7. The van der Waals surface area contributed by atoms with Crippen molar-refractivity contribution in [1.29, 1.82) is 0 Å². The van der Waals surface area contributed by atoms with Crippen molar-refractivity contribution >= 4 is 0 Å². The van der Waals surface area contributed by atoms with Crippen LogP contribution < -0.4 is 5.32 Å². The molecule has 1 fully saturated rings. The predicted octanol–water partition coefficient (Wildman–Crippen LogP) is 2.78. The Bertz CT molecular complexity index is 380. The molecule has 0 saturated heterocycles. The second-order valence-electron chi connectivity index (χ2n) is 4.90. The first-order valence-corrected chi connectivity index (χ1v) is 5.80. The van der Waals surface area contributed by atoms with Crippen LogP contribution in [0.3, 0.4) is 0 Å². The number of rotatable bonds is 0. The number of benzene rings is 1. The maximum Gasteiger partial charge on any atom is 0.126 e. The van der Waals surface area contributed by atoms with Gasteiger partial charge in [0.15, 0.2) is 0 Å². The van der Waals surface area contributed by atoms with Gasteiger partial charge >= 0.3 is 0 Å². The average molecular weight is 205 g/mol. The molecule has 0 atom stereocenters. The van der Waals surface area contributed by atoms with Crippen molar-refractivity contribution < 1.29 is 4.39 Å². The summed E-state index contributed by atoms with van der Waals surface area (Å²) in [6.07, 6.45) is 5.88. The maximum atomic E-state index is 13.7. The normalized spacial score (nSPS) is 23.0. The van der Waals surface area contributed by atoms with Crippen molar-refractivity contribution in [2.24, 2.45) is 0 Å². The third-order valence-electron chi connectivity index (χ3n) is 3.95. The Balaban J connectivity index is 1.98. The molecule has 1 aliphatic heterocycles. The summed E-state index contributed by atoms with van der Waals surface area (Å²) in [6, 6.07) is 5.43. The van der Waals surface area contributed by atoms with E-state index in [9.17, 15) is 4.39 Å². The van der Waals surface area contributed by atoms with Crippen LogP contribution in [0.1, 0.15) is 36.8 Å². The van der Waals surface area contributed by atoms with Gasteiger partial charge in [-0.05, 0) is 36.5 Å². The van der Waals surface area contributed by atoms with Crippen LogP contribution >= 0.6 is 0 Å². The highest BCUT2D eigenvalue weighted by Gasteiger charge is 2.37. The van der Waals surface area contributed by atoms with Crippen LogP contribution in [0.2, 0.25) is 0 Å². The molecule has 1 N–H and O–H groups in total. The zero-order valence-corrected chi connectivity index (χ0v) is 8.85. The van der Waals surface area contributed by atoms with Gasteiger partial charge in [0.25, 0.3) is 0 Å². The largest absolute Gasteiger partial charge is 0.307 e. The molecule has 80 valence electrons. The number of fused-ring (bicyclic) bond motifs is 1. The van der Waals surface area contributed by atoms with Crippen molar-refractivity contribution in [3.63, 3.8) is 0 Å². The molecule has 1 heterocycles. The first-order valence-electron chi connectivity index (χ1n) is 5.80. The standard InChI is InChI=1S/C13H16FN/c14-12-5-3-4-10-9-15-13(8-11(10)12)6-1-2-7-13/h3-5,15H,1-2,6-9H2. The van der Waals surface area contributed by atoms with Gasteiger partial charge in [0.2, 0.25) is 0 Å². The van der Waals surface area contributed by atoms with Crippen molar-refractivity contribution in [2.75, 3.05) is 0 Å². The molecule has 2 aliphatic rings. The second kappa shape index (κ2) is 3.31. The smallest absolute Gasteiger partial charge is 0.126 e. The average Bonchev–Trinajstić information content (AvgIpc) is 2.68. The van der Waals surface area contributed by atoms with Gasteiger partial charge in [0, 0.05) is 12.1 Å². The zero-order chi connectivity index (χ0) is 10.3. The highest BCUT2D eigenvalue weighted by Crippen LogP contribution is 2.37. The van der Waals surface area contributed by atoms with E-state index in [1.165, 1.54) is 25.7 Å². The lowest BCUT2D eigenvalue weighted by Crippen LogP contribution is -2.47. The van der Waals surface area contributed by atoms with E-state index in [4.69, 9.17) is 0 Å². The van der Waals surface area contributed by atoms with Gasteiger partial charge in [-0.25, -0.2) is 4.39 Å². The van der Waals surface area contributed by atoms with E-state index >= 15 is 0 Å². The lowest BCUT2D eigenvalue weighted by Gasteiger charge is -2.36. The van der Waals surface area contributed by atoms with Gasteiger partial charge < -0.3 is 5.32 Å². The Morgan fingerprint density at radius 3 is 2.80 bits per heavy atom. The predicted molar refractivity (Wildman–Crippen MR) is 58.1 cm³/mol. The molecule has 0 radical (unpaired) electrons. The molecule has 3 rings (SSSR count). The van der Waals surface area contributed by atoms with Gasteiger partial charge in [-0.3, -0.25) is 0 Å². The fourth-order valence-corrected chi connectivity index (χ4v) is 3.06. The molecular formula is C13H16FN. The minimum atomic E-state index is -0.0136. The third-order valence-corrected chi connectivity index (χ3v) is 3.95. The van der Waals surface area contributed by atoms with Crippen molar-refractivity contribution in [1.82, 2.24) is 5.32 Å². The van der Waals surface area contributed by atoms with Gasteiger partial charge in [-0.1, -0.05) is 25.0 Å². The fourth-order valence-electron chi connectivity index (χ4n) is 3.06. The van der Waals surface area contributed by atoms with Gasteiger partial charge in [0.05, 0.1) is 0 Å². The molecule has 1 aromatic rings.